The van der Waals surface area contributed by atoms with Gasteiger partial charge in [0.1, 0.15) is 0 Å². The summed E-state index contributed by atoms with van der Waals surface area (Å²) in [6.07, 6.45) is 2.27. The van der Waals surface area contributed by atoms with Crippen LogP contribution in [0.25, 0.3) is 0 Å². The maximum Gasteiger partial charge on any atom is 0.337 e. The summed E-state index contributed by atoms with van der Waals surface area (Å²) in [5.74, 6) is -0.516. The highest BCUT2D eigenvalue weighted by Crippen LogP contribution is 2.09. The number of nitrogens with one attached hydrogen (secondary N) is 1. The molecule has 6 heteroatoms. The van der Waals surface area contributed by atoms with Crippen LogP contribution in [-0.2, 0) is 9.53 Å². The van der Waals surface area contributed by atoms with Crippen LogP contribution in [0, 0.1) is 0 Å². The molecule has 118 valence electrons. The summed E-state index contributed by atoms with van der Waals surface area (Å²) in [5, 5.41) is 2.79. The molecule has 1 aromatic rings. The van der Waals surface area contributed by atoms with Crippen molar-refractivity contribution in [3.63, 3.8) is 0 Å². The molecule has 1 heterocycles. The number of benzene rings is 1. The largest absolute Gasteiger partial charge is 0.465 e. The predicted molar refractivity (Wildman–Crippen MR) is 80.5 cm³/mol. The van der Waals surface area contributed by atoms with Gasteiger partial charge in [-0.25, -0.2) is 4.79 Å². The lowest BCUT2D eigenvalue weighted by molar-refractivity contribution is -0.127. The van der Waals surface area contributed by atoms with Crippen LogP contribution in [0.3, 0.4) is 0 Å². The highest BCUT2D eigenvalue weighted by atomic mass is 16.5. The van der Waals surface area contributed by atoms with Crippen LogP contribution in [0.4, 0.5) is 0 Å². The monoisotopic (exact) mass is 304 g/mol. The van der Waals surface area contributed by atoms with E-state index in [9.17, 15) is 14.4 Å². The summed E-state index contributed by atoms with van der Waals surface area (Å²) in [5.41, 5.74) is 0.762. The van der Waals surface area contributed by atoms with Gasteiger partial charge in [-0.15, -0.1) is 0 Å². The Morgan fingerprint density at radius 3 is 2.77 bits per heavy atom. The number of nitrogens with zero attached hydrogens (tertiary/aromatic N) is 1. The quantitative estimate of drug-likeness (QED) is 0.633. The van der Waals surface area contributed by atoms with Crippen molar-refractivity contribution in [2.45, 2.75) is 19.3 Å². The van der Waals surface area contributed by atoms with E-state index in [1.165, 1.54) is 13.2 Å². The maximum atomic E-state index is 12.0. The Bertz CT molecular complexity index is 571. The molecule has 0 bridgehead atoms. The first kappa shape index (κ1) is 16.0. The summed E-state index contributed by atoms with van der Waals surface area (Å²) in [4.78, 5) is 36.7. The van der Waals surface area contributed by atoms with Crippen molar-refractivity contribution in [2.75, 3.05) is 26.7 Å². The summed E-state index contributed by atoms with van der Waals surface area (Å²) < 4.78 is 4.63. The zero-order valence-electron chi connectivity index (χ0n) is 12.6. The molecule has 0 spiro atoms. The van der Waals surface area contributed by atoms with Gasteiger partial charge >= 0.3 is 5.97 Å². The SMILES string of the molecule is COC(=O)c1cccc(C(=O)NCCCN2CCCC2=O)c1. The van der Waals surface area contributed by atoms with Gasteiger partial charge in [-0.1, -0.05) is 6.07 Å². The van der Waals surface area contributed by atoms with E-state index in [4.69, 9.17) is 0 Å². The number of esters is 1. The topological polar surface area (TPSA) is 75.7 Å². The van der Waals surface area contributed by atoms with Gasteiger partial charge in [0.2, 0.25) is 5.91 Å². The average Bonchev–Trinajstić information content (AvgIpc) is 2.95. The Kier molecular flexibility index (Phi) is 5.52. The van der Waals surface area contributed by atoms with Gasteiger partial charge in [0.25, 0.3) is 5.91 Å². The zero-order valence-corrected chi connectivity index (χ0v) is 12.6. The van der Waals surface area contributed by atoms with Crippen LogP contribution >= 0.6 is 0 Å². The maximum absolute atomic E-state index is 12.0. The Hall–Kier alpha value is -2.37. The summed E-state index contributed by atoms with van der Waals surface area (Å²) in [6, 6.07) is 6.39. The number of carbonyl (C=O) groups is 3. The Labute approximate surface area is 129 Å². The summed E-state index contributed by atoms with van der Waals surface area (Å²) >= 11 is 0. The van der Waals surface area contributed by atoms with Crippen molar-refractivity contribution in [1.82, 2.24) is 10.2 Å². The van der Waals surface area contributed by atoms with Gasteiger partial charge in [-0.2, -0.15) is 0 Å². The molecule has 1 N–H and O–H groups in total. The lowest BCUT2D eigenvalue weighted by atomic mass is 10.1. The van der Waals surface area contributed by atoms with Crippen LogP contribution in [0.5, 0.6) is 0 Å². The third kappa shape index (κ3) is 4.07. The molecule has 1 aliphatic rings. The molecule has 0 aromatic heterocycles. The predicted octanol–water partition coefficient (Wildman–Crippen LogP) is 1.22. The van der Waals surface area contributed by atoms with E-state index in [-0.39, 0.29) is 11.8 Å². The van der Waals surface area contributed by atoms with Crippen molar-refractivity contribution < 1.29 is 19.1 Å². The molecule has 0 unspecified atom stereocenters. The second-order valence-electron chi connectivity index (χ2n) is 5.17. The minimum atomic E-state index is -0.470. The minimum Gasteiger partial charge on any atom is -0.465 e. The van der Waals surface area contributed by atoms with E-state index < -0.39 is 5.97 Å². The molecule has 1 aromatic carbocycles. The van der Waals surface area contributed by atoms with Gasteiger partial charge in [-0.05, 0) is 31.0 Å². The molecule has 22 heavy (non-hydrogen) atoms. The number of likely N-dealkylation sites (tertiary alicyclic amines) is 1. The molecule has 1 fully saturated rings. The first-order chi connectivity index (χ1) is 10.6. The number of methoxy groups -OCH3 is 1. The smallest absolute Gasteiger partial charge is 0.337 e. The standard InChI is InChI=1S/C16H20N2O4/c1-22-16(21)13-6-2-5-12(11-13)15(20)17-8-4-10-18-9-3-7-14(18)19/h2,5-6,11H,3-4,7-10H2,1H3,(H,17,20). The molecule has 2 amide bonds. The highest BCUT2D eigenvalue weighted by Gasteiger charge is 2.19. The number of hydrogen-bond acceptors (Lipinski definition) is 4. The number of rotatable bonds is 6. The summed E-state index contributed by atoms with van der Waals surface area (Å²) in [6.45, 7) is 1.97. The molecule has 6 nitrogen and oxygen atoms in total. The second-order valence-corrected chi connectivity index (χ2v) is 5.17. The number of carbonyl (C=O) groups excluding carboxylic acids is 3. The van der Waals surface area contributed by atoms with Crippen LogP contribution in [-0.4, -0.2) is 49.4 Å². The van der Waals surface area contributed by atoms with Crippen molar-refractivity contribution in [3.05, 3.63) is 35.4 Å². The van der Waals surface area contributed by atoms with Crippen LogP contribution in [0.2, 0.25) is 0 Å². The number of ether oxygens (including phenoxy) is 1. The Morgan fingerprint density at radius 2 is 2.09 bits per heavy atom. The normalized spacial score (nSPS) is 14.0. The molecule has 1 aliphatic heterocycles. The van der Waals surface area contributed by atoms with E-state index in [1.807, 2.05) is 4.90 Å². The van der Waals surface area contributed by atoms with Crippen molar-refractivity contribution in [2.24, 2.45) is 0 Å². The van der Waals surface area contributed by atoms with Crippen LogP contribution < -0.4 is 5.32 Å². The molecule has 0 aliphatic carbocycles. The molecule has 0 radical (unpaired) electrons. The second kappa shape index (κ2) is 7.59. The van der Waals surface area contributed by atoms with Gasteiger partial charge in [0.05, 0.1) is 12.7 Å². The van der Waals surface area contributed by atoms with Gasteiger partial charge in [0.15, 0.2) is 0 Å². The first-order valence-corrected chi connectivity index (χ1v) is 7.36. The van der Waals surface area contributed by atoms with E-state index in [0.29, 0.717) is 37.1 Å². The third-order valence-electron chi connectivity index (χ3n) is 3.61. The zero-order chi connectivity index (χ0) is 15.9. The molecule has 2 rings (SSSR count). The average molecular weight is 304 g/mol. The fourth-order valence-corrected chi connectivity index (χ4v) is 2.42. The molecule has 0 saturated carbocycles. The third-order valence-corrected chi connectivity index (χ3v) is 3.61. The van der Waals surface area contributed by atoms with E-state index in [1.54, 1.807) is 18.2 Å². The lowest BCUT2D eigenvalue weighted by Crippen LogP contribution is -2.30. The van der Waals surface area contributed by atoms with Gasteiger partial charge in [-0.3, -0.25) is 9.59 Å². The minimum absolute atomic E-state index is 0.192. The van der Waals surface area contributed by atoms with Crippen molar-refractivity contribution in [1.29, 1.82) is 0 Å². The Balaban J connectivity index is 1.79. The number of amides is 2. The van der Waals surface area contributed by atoms with E-state index in [0.717, 1.165) is 13.0 Å². The fraction of sp³-hybridized carbons (Fsp3) is 0.438. The molecular weight excluding hydrogens is 284 g/mol. The van der Waals surface area contributed by atoms with E-state index >= 15 is 0 Å². The first-order valence-electron chi connectivity index (χ1n) is 7.36. The lowest BCUT2D eigenvalue weighted by Gasteiger charge is -2.15. The molecule has 0 atom stereocenters. The fourth-order valence-electron chi connectivity index (χ4n) is 2.42. The van der Waals surface area contributed by atoms with Crippen LogP contribution in [0.1, 0.15) is 40.0 Å². The van der Waals surface area contributed by atoms with Crippen molar-refractivity contribution in [3.8, 4) is 0 Å². The number of hydrogen-bond donors (Lipinski definition) is 1. The van der Waals surface area contributed by atoms with Crippen LogP contribution in [0.15, 0.2) is 24.3 Å². The van der Waals surface area contributed by atoms with Crippen molar-refractivity contribution >= 4 is 17.8 Å². The summed E-state index contributed by atoms with van der Waals surface area (Å²) in [7, 11) is 1.30. The van der Waals surface area contributed by atoms with Gasteiger partial charge in [0, 0.05) is 31.6 Å². The van der Waals surface area contributed by atoms with Gasteiger partial charge < -0.3 is 15.0 Å². The Morgan fingerprint density at radius 1 is 1.32 bits per heavy atom. The highest BCUT2D eigenvalue weighted by molar-refractivity contribution is 5.97. The van der Waals surface area contributed by atoms with E-state index in [2.05, 4.69) is 10.1 Å². The molecular formula is C16H20N2O4. The molecule has 1 saturated heterocycles.